The minimum absolute atomic E-state index is 0.0224. The summed E-state index contributed by atoms with van der Waals surface area (Å²) in [6.07, 6.45) is -5.72. The molecular weight excluding hydrogens is 481 g/mol. The van der Waals surface area contributed by atoms with E-state index in [0.717, 1.165) is 22.0 Å². The molecule has 0 aliphatic carbocycles. The first-order valence-electron chi connectivity index (χ1n) is 10.4. The molecule has 2 atom stereocenters. The summed E-state index contributed by atoms with van der Waals surface area (Å²) in [5, 5.41) is 10.1. The molecule has 186 valence electrons. The van der Waals surface area contributed by atoms with Crippen molar-refractivity contribution in [2.45, 2.75) is 68.7 Å². The predicted octanol–water partition coefficient (Wildman–Crippen LogP) is 4.89. The van der Waals surface area contributed by atoms with Gasteiger partial charge in [0.15, 0.2) is 0 Å². The Hall–Kier alpha value is -2.53. The molecule has 34 heavy (non-hydrogen) atoms. The number of fused-ring (bicyclic) bond motifs is 1. The number of ketones is 1. The van der Waals surface area contributed by atoms with Crippen molar-refractivity contribution in [2.24, 2.45) is 0 Å². The molecule has 2 aromatic rings. The minimum Gasteiger partial charge on any atom is -0.372 e. The zero-order valence-corrected chi connectivity index (χ0v) is 19.5. The van der Waals surface area contributed by atoms with Crippen molar-refractivity contribution in [1.82, 2.24) is 0 Å². The number of benzene rings is 2. The van der Waals surface area contributed by atoms with Crippen molar-refractivity contribution in [1.29, 1.82) is 0 Å². The number of anilines is 1. The number of hydrogen-bond acceptors (Lipinski definition) is 4. The summed E-state index contributed by atoms with van der Waals surface area (Å²) in [4.78, 5) is 11.7. The summed E-state index contributed by atoms with van der Waals surface area (Å²) >= 11 is 0. The summed E-state index contributed by atoms with van der Waals surface area (Å²) in [5.74, 6) is -4.86. The maximum atomic E-state index is 14.0. The molecule has 1 heterocycles. The number of nitrogens with zero attached hydrogens (tertiary/aromatic N) is 1. The molecule has 5 nitrogen and oxygen atoms in total. The van der Waals surface area contributed by atoms with Gasteiger partial charge in [-0.1, -0.05) is 29.8 Å². The second-order valence-corrected chi connectivity index (χ2v) is 10.5. The Kier molecular flexibility index (Phi) is 6.60. The third-order valence-corrected chi connectivity index (χ3v) is 7.84. The van der Waals surface area contributed by atoms with Crippen LogP contribution in [0.1, 0.15) is 43.4 Å². The Morgan fingerprint density at radius 3 is 2.18 bits per heavy atom. The Balaban J connectivity index is 2.20. The lowest BCUT2D eigenvalue weighted by Gasteiger charge is -2.39. The van der Waals surface area contributed by atoms with E-state index in [2.05, 4.69) is 0 Å². The van der Waals surface area contributed by atoms with E-state index in [1.54, 1.807) is 19.1 Å². The fraction of sp³-hybridized carbons (Fsp3) is 0.435. The normalized spacial score (nSPS) is 18.9. The second-order valence-electron chi connectivity index (χ2n) is 8.65. The van der Waals surface area contributed by atoms with Crippen LogP contribution in [0.15, 0.2) is 47.4 Å². The topological polar surface area (TPSA) is 74.7 Å². The fourth-order valence-electron chi connectivity index (χ4n) is 4.19. The van der Waals surface area contributed by atoms with E-state index >= 15 is 0 Å². The molecular formula is C23H24F5NO4S. The zero-order valence-electron chi connectivity index (χ0n) is 18.7. The van der Waals surface area contributed by atoms with Crippen molar-refractivity contribution in [2.75, 3.05) is 4.31 Å². The average molecular weight is 506 g/mol. The summed E-state index contributed by atoms with van der Waals surface area (Å²) in [6.45, 7) is 3.02. The van der Waals surface area contributed by atoms with Gasteiger partial charge < -0.3 is 5.11 Å². The Labute approximate surface area is 194 Å². The molecule has 0 aromatic heterocycles. The van der Waals surface area contributed by atoms with E-state index < -0.39 is 39.3 Å². The van der Waals surface area contributed by atoms with Gasteiger partial charge in [0.05, 0.1) is 16.6 Å². The Morgan fingerprint density at radius 2 is 1.68 bits per heavy atom. The van der Waals surface area contributed by atoms with Gasteiger partial charge in [0.25, 0.3) is 15.9 Å². The molecule has 2 aromatic carbocycles. The summed E-state index contributed by atoms with van der Waals surface area (Å²) in [6, 6.07) is 7.48. The van der Waals surface area contributed by atoms with Crippen LogP contribution in [-0.4, -0.2) is 37.4 Å². The van der Waals surface area contributed by atoms with E-state index in [-0.39, 0.29) is 48.1 Å². The number of halogens is 5. The highest BCUT2D eigenvalue weighted by Crippen LogP contribution is 2.50. The summed E-state index contributed by atoms with van der Waals surface area (Å²) in [7, 11) is -4.24. The van der Waals surface area contributed by atoms with Crippen LogP contribution in [-0.2, 0) is 26.8 Å². The largest absolute Gasteiger partial charge is 0.427 e. The number of Topliss-reactive ketones (excluding diaryl/α,β-unsaturated/α-hetero) is 1. The van der Waals surface area contributed by atoms with E-state index in [4.69, 9.17) is 0 Å². The molecule has 1 aliphatic heterocycles. The zero-order chi connectivity index (χ0) is 25.7. The van der Waals surface area contributed by atoms with Gasteiger partial charge in [-0.15, -0.1) is 0 Å². The maximum absolute atomic E-state index is 14.0. The number of carbonyl (C=O) groups excluding carboxylic acids is 1. The van der Waals surface area contributed by atoms with Crippen LogP contribution in [0.5, 0.6) is 0 Å². The molecule has 1 N–H and O–H groups in total. The SMILES string of the molecule is CC(=O)C[C@@H]1CCc2cc(C(O)(C(C)(F)F)C(F)(F)F)ccc2N1S(=O)(=O)c1ccc(C)cc1. The molecule has 0 radical (unpaired) electrons. The lowest BCUT2D eigenvalue weighted by atomic mass is 9.84. The van der Waals surface area contributed by atoms with Gasteiger partial charge in [-0.05, 0) is 56.0 Å². The van der Waals surface area contributed by atoms with Gasteiger partial charge in [0.1, 0.15) is 5.78 Å². The predicted molar refractivity (Wildman–Crippen MR) is 115 cm³/mol. The number of aliphatic hydroxyl groups is 1. The fourth-order valence-corrected chi connectivity index (χ4v) is 5.91. The number of hydrogen-bond donors (Lipinski definition) is 1. The summed E-state index contributed by atoms with van der Waals surface area (Å²) in [5.41, 5.74) is -4.74. The lowest BCUT2D eigenvalue weighted by molar-refractivity contribution is -0.335. The molecule has 0 amide bonds. The number of sulfonamides is 1. The lowest BCUT2D eigenvalue weighted by Crippen LogP contribution is -2.54. The standard InChI is InChI=1S/C23H24F5NO4S/c1-14-4-9-19(10-5-14)34(32,33)29-18(12-15(2)30)8-6-16-13-17(7-11-20(16)29)22(31,21(3,24)25)23(26,27)28/h4-5,7,9-11,13,18,31H,6,8,12H2,1-3H3/t18-,22?/m0/s1. The van der Waals surface area contributed by atoms with Crippen molar-refractivity contribution < 1.29 is 40.3 Å². The van der Waals surface area contributed by atoms with Gasteiger partial charge >= 0.3 is 6.18 Å². The van der Waals surface area contributed by atoms with Gasteiger partial charge in [-0.2, -0.15) is 13.2 Å². The van der Waals surface area contributed by atoms with E-state index in [1.165, 1.54) is 19.1 Å². The Bertz CT molecular complexity index is 1170. The second kappa shape index (κ2) is 8.60. The number of carbonyl (C=O) groups is 1. The van der Waals surface area contributed by atoms with Crippen LogP contribution in [0.3, 0.4) is 0 Å². The maximum Gasteiger partial charge on any atom is 0.427 e. The van der Waals surface area contributed by atoms with Crippen LogP contribution >= 0.6 is 0 Å². The summed E-state index contributed by atoms with van der Waals surface area (Å²) < 4.78 is 96.7. The van der Waals surface area contributed by atoms with E-state index in [9.17, 15) is 40.3 Å². The third kappa shape index (κ3) is 4.43. The van der Waals surface area contributed by atoms with Crippen LogP contribution in [0.2, 0.25) is 0 Å². The number of alkyl halides is 5. The van der Waals surface area contributed by atoms with Crippen molar-refractivity contribution >= 4 is 21.5 Å². The van der Waals surface area contributed by atoms with Crippen molar-refractivity contribution in [3.8, 4) is 0 Å². The quantitative estimate of drug-likeness (QED) is 0.568. The smallest absolute Gasteiger partial charge is 0.372 e. The van der Waals surface area contributed by atoms with Gasteiger partial charge in [0.2, 0.25) is 5.60 Å². The van der Waals surface area contributed by atoms with Crippen molar-refractivity contribution in [3.05, 3.63) is 59.2 Å². The molecule has 0 saturated heterocycles. The first-order valence-corrected chi connectivity index (χ1v) is 11.8. The first kappa shape index (κ1) is 26.1. The minimum atomic E-state index is -5.70. The molecule has 1 aliphatic rings. The highest BCUT2D eigenvalue weighted by atomic mass is 32.2. The molecule has 0 saturated carbocycles. The molecule has 0 bridgehead atoms. The van der Waals surface area contributed by atoms with Crippen LogP contribution in [0.4, 0.5) is 27.6 Å². The number of aryl methyl sites for hydroxylation is 2. The number of rotatable bonds is 6. The van der Waals surface area contributed by atoms with Crippen LogP contribution in [0.25, 0.3) is 0 Å². The van der Waals surface area contributed by atoms with Gasteiger partial charge in [-0.3, -0.25) is 9.10 Å². The van der Waals surface area contributed by atoms with E-state index in [0.29, 0.717) is 6.07 Å². The average Bonchev–Trinajstić information content (AvgIpc) is 2.70. The first-order chi connectivity index (χ1) is 15.5. The van der Waals surface area contributed by atoms with Crippen LogP contribution in [0, 0.1) is 6.92 Å². The van der Waals surface area contributed by atoms with E-state index in [1.807, 2.05) is 0 Å². The Morgan fingerprint density at radius 1 is 1.09 bits per heavy atom. The van der Waals surface area contributed by atoms with Crippen molar-refractivity contribution in [3.63, 3.8) is 0 Å². The molecule has 3 rings (SSSR count). The molecule has 0 fully saturated rings. The third-order valence-electron chi connectivity index (χ3n) is 5.96. The highest BCUT2D eigenvalue weighted by Gasteiger charge is 2.67. The van der Waals surface area contributed by atoms with Crippen LogP contribution < -0.4 is 4.31 Å². The monoisotopic (exact) mass is 505 g/mol. The van der Waals surface area contributed by atoms with Gasteiger partial charge in [0, 0.05) is 13.3 Å². The molecule has 11 heteroatoms. The molecule has 1 unspecified atom stereocenters. The highest BCUT2D eigenvalue weighted by molar-refractivity contribution is 7.92. The molecule has 0 spiro atoms. The van der Waals surface area contributed by atoms with Gasteiger partial charge in [-0.25, -0.2) is 17.2 Å².